The van der Waals surface area contributed by atoms with Crippen LogP contribution in [0.5, 0.6) is 0 Å². The lowest BCUT2D eigenvalue weighted by molar-refractivity contribution is -0.0928. The molecule has 31 heavy (non-hydrogen) atoms. The summed E-state index contributed by atoms with van der Waals surface area (Å²) in [5, 5.41) is 4.56. The maximum atomic E-state index is 13.1. The van der Waals surface area contributed by atoms with Crippen molar-refractivity contribution in [2.45, 2.75) is 24.9 Å². The highest BCUT2D eigenvalue weighted by Gasteiger charge is 2.43. The SMILES string of the molecule is O=C(c1onc2ncccc12)N1CCC2(CC1)OCCc1sc(-c3cnccn3)cc12. The Kier molecular flexibility index (Phi) is 4.32. The molecule has 0 atom stereocenters. The Hall–Kier alpha value is -3.17. The number of carbonyl (C=O) groups excluding carboxylic acids is 1. The van der Waals surface area contributed by atoms with E-state index in [1.807, 2.05) is 11.0 Å². The molecule has 4 aromatic rings. The van der Waals surface area contributed by atoms with Crippen molar-refractivity contribution in [3.05, 3.63) is 59.2 Å². The van der Waals surface area contributed by atoms with Gasteiger partial charge in [-0.05, 0) is 36.6 Å². The van der Waals surface area contributed by atoms with Gasteiger partial charge in [0.15, 0.2) is 0 Å². The maximum Gasteiger partial charge on any atom is 0.293 e. The molecular weight excluding hydrogens is 414 g/mol. The summed E-state index contributed by atoms with van der Waals surface area (Å²) < 4.78 is 11.7. The van der Waals surface area contributed by atoms with Crippen LogP contribution in [0.1, 0.15) is 33.8 Å². The highest BCUT2D eigenvalue weighted by atomic mass is 32.1. The fourth-order valence-electron chi connectivity index (χ4n) is 4.54. The van der Waals surface area contributed by atoms with Crippen molar-refractivity contribution in [2.24, 2.45) is 0 Å². The van der Waals surface area contributed by atoms with Crippen molar-refractivity contribution < 1.29 is 14.1 Å². The molecule has 6 heterocycles. The molecule has 0 unspecified atom stereocenters. The van der Waals surface area contributed by atoms with Gasteiger partial charge in [-0.2, -0.15) is 0 Å². The zero-order valence-corrected chi connectivity index (χ0v) is 17.5. The van der Waals surface area contributed by atoms with Gasteiger partial charge in [0.05, 0.1) is 34.4 Å². The largest absolute Gasteiger partial charge is 0.370 e. The molecule has 0 aliphatic carbocycles. The van der Waals surface area contributed by atoms with Crippen LogP contribution in [0.15, 0.2) is 47.5 Å². The van der Waals surface area contributed by atoms with Gasteiger partial charge in [0.25, 0.3) is 5.91 Å². The smallest absolute Gasteiger partial charge is 0.293 e. The molecule has 0 radical (unpaired) electrons. The van der Waals surface area contributed by atoms with Gasteiger partial charge in [0.1, 0.15) is 0 Å². The molecule has 0 saturated carbocycles. The first-order valence-electron chi connectivity index (χ1n) is 10.3. The average molecular weight is 433 g/mol. The summed E-state index contributed by atoms with van der Waals surface area (Å²) in [7, 11) is 0. The van der Waals surface area contributed by atoms with E-state index in [2.05, 4.69) is 26.2 Å². The quantitative estimate of drug-likeness (QED) is 0.478. The number of fused-ring (bicyclic) bond motifs is 3. The van der Waals surface area contributed by atoms with Crippen LogP contribution in [0.2, 0.25) is 0 Å². The van der Waals surface area contributed by atoms with Crippen molar-refractivity contribution >= 4 is 28.3 Å². The van der Waals surface area contributed by atoms with Gasteiger partial charge >= 0.3 is 0 Å². The summed E-state index contributed by atoms with van der Waals surface area (Å²) >= 11 is 1.77. The number of hydrogen-bond acceptors (Lipinski definition) is 8. The standard InChI is InChI=1S/C22H19N5O3S/c28-21(19-14-2-1-6-25-20(14)26-30-19)27-9-4-22(5-10-27)15-12-18(16-13-23-7-8-24-16)31-17(15)3-11-29-22/h1-2,6-8,12-13H,3-5,9-11H2. The zero-order chi connectivity index (χ0) is 20.8. The van der Waals surface area contributed by atoms with Crippen LogP contribution in [0, 0.1) is 0 Å². The van der Waals surface area contributed by atoms with Crippen LogP contribution >= 0.6 is 11.3 Å². The molecule has 1 fully saturated rings. The Bertz CT molecular complexity index is 1260. The number of thiophene rings is 1. The minimum absolute atomic E-state index is 0.146. The van der Waals surface area contributed by atoms with Crippen molar-refractivity contribution in [3.8, 4) is 10.6 Å². The predicted octanol–water partition coefficient (Wildman–Crippen LogP) is 3.45. The van der Waals surface area contributed by atoms with E-state index in [9.17, 15) is 4.79 Å². The number of piperidine rings is 1. The molecular formula is C22H19N5O3S. The average Bonchev–Trinajstić information content (AvgIpc) is 3.45. The molecule has 4 aromatic heterocycles. The second kappa shape index (κ2) is 7.21. The van der Waals surface area contributed by atoms with E-state index < -0.39 is 0 Å². The summed E-state index contributed by atoms with van der Waals surface area (Å²) in [6, 6.07) is 5.80. The van der Waals surface area contributed by atoms with E-state index in [1.165, 1.54) is 10.4 Å². The number of aromatic nitrogens is 4. The van der Waals surface area contributed by atoms with E-state index >= 15 is 0 Å². The molecule has 1 saturated heterocycles. The number of pyridine rings is 1. The molecule has 1 spiro atoms. The molecule has 1 amide bonds. The van der Waals surface area contributed by atoms with Crippen LogP contribution < -0.4 is 0 Å². The normalized spacial score (nSPS) is 17.7. The fourth-order valence-corrected chi connectivity index (χ4v) is 5.73. The van der Waals surface area contributed by atoms with E-state index in [0.717, 1.165) is 29.8 Å². The monoisotopic (exact) mass is 433 g/mol. The summed E-state index contributed by atoms with van der Waals surface area (Å²) in [6.45, 7) is 1.88. The third kappa shape index (κ3) is 3.03. The zero-order valence-electron chi connectivity index (χ0n) is 16.7. The van der Waals surface area contributed by atoms with Crippen LogP contribution in [0.3, 0.4) is 0 Å². The number of hydrogen-bond donors (Lipinski definition) is 0. The number of nitrogens with zero attached hydrogens (tertiary/aromatic N) is 5. The molecule has 6 rings (SSSR count). The Morgan fingerprint density at radius 2 is 2.06 bits per heavy atom. The topological polar surface area (TPSA) is 94.2 Å². The van der Waals surface area contributed by atoms with Crippen molar-refractivity contribution in [1.29, 1.82) is 0 Å². The molecule has 2 aliphatic rings. The van der Waals surface area contributed by atoms with Gasteiger partial charge < -0.3 is 14.2 Å². The van der Waals surface area contributed by atoms with E-state index in [1.54, 1.807) is 42.2 Å². The van der Waals surface area contributed by atoms with Crippen molar-refractivity contribution in [2.75, 3.05) is 19.7 Å². The van der Waals surface area contributed by atoms with Crippen molar-refractivity contribution in [1.82, 2.24) is 25.0 Å². The molecule has 0 bridgehead atoms. The second-order valence-electron chi connectivity index (χ2n) is 7.81. The molecule has 0 N–H and O–H groups in total. The minimum atomic E-state index is -0.355. The summed E-state index contributed by atoms with van der Waals surface area (Å²) in [5.74, 6) is 0.108. The highest BCUT2D eigenvalue weighted by Crippen LogP contribution is 2.46. The third-order valence-corrected chi connectivity index (χ3v) is 7.35. The Morgan fingerprint density at radius 3 is 2.90 bits per heavy atom. The van der Waals surface area contributed by atoms with E-state index in [-0.39, 0.29) is 17.3 Å². The number of ether oxygens (including phenoxy) is 1. The second-order valence-corrected chi connectivity index (χ2v) is 8.95. The highest BCUT2D eigenvalue weighted by molar-refractivity contribution is 7.15. The molecule has 0 aromatic carbocycles. The molecule has 156 valence electrons. The summed E-state index contributed by atoms with van der Waals surface area (Å²) in [6.07, 6.45) is 9.22. The molecule has 8 nitrogen and oxygen atoms in total. The number of likely N-dealkylation sites (tertiary alicyclic amines) is 1. The lowest BCUT2D eigenvalue weighted by Crippen LogP contribution is -2.48. The minimum Gasteiger partial charge on any atom is -0.370 e. The number of rotatable bonds is 2. The Morgan fingerprint density at radius 1 is 1.16 bits per heavy atom. The first-order valence-corrected chi connectivity index (χ1v) is 11.1. The van der Waals surface area contributed by atoms with Crippen molar-refractivity contribution in [3.63, 3.8) is 0 Å². The lowest BCUT2D eigenvalue weighted by Gasteiger charge is -2.43. The maximum absolute atomic E-state index is 13.1. The number of carbonyl (C=O) groups is 1. The Labute approximate surface area is 181 Å². The summed E-state index contributed by atoms with van der Waals surface area (Å²) in [5.41, 5.74) is 2.22. The lowest BCUT2D eigenvalue weighted by atomic mass is 9.82. The fraction of sp³-hybridized carbons (Fsp3) is 0.318. The van der Waals surface area contributed by atoms with Gasteiger partial charge in [0.2, 0.25) is 11.4 Å². The van der Waals surface area contributed by atoms with Gasteiger partial charge in [-0.15, -0.1) is 11.3 Å². The Balaban J connectivity index is 1.25. The van der Waals surface area contributed by atoms with Gasteiger partial charge in [0, 0.05) is 43.0 Å². The van der Waals surface area contributed by atoms with E-state index in [4.69, 9.17) is 9.26 Å². The van der Waals surface area contributed by atoms with Crippen LogP contribution in [0.4, 0.5) is 0 Å². The number of amides is 1. The van der Waals surface area contributed by atoms with Gasteiger partial charge in [-0.1, -0.05) is 5.16 Å². The van der Waals surface area contributed by atoms with Crippen LogP contribution in [-0.4, -0.2) is 50.6 Å². The third-order valence-electron chi connectivity index (χ3n) is 6.13. The van der Waals surface area contributed by atoms with Gasteiger partial charge in [-0.3, -0.25) is 14.8 Å². The predicted molar refractivity (Wildman–Crippen MR) is 114 cm³/mol. The van der Waals surface area contributed by atoms with E-state index in [0.29, 0.717) is 30.7 Å². The summed E-state index contributed by atoms with van der Waals surface area (Å²) in [4.78, 5) is 30.2. The van der Waals surface area contributed by atoms with Crippen LogP contribution in [-0.2, 0) is 16.8 Å². The molecule has 9 heteroatoms. The van der Waals surface area contributed by atoms with Crippen LogP contribution in [0.25, 0.3) is 21.6 Å². The van der Waals surface area contributed by atoms with Gasteiger partial charge in [-0.25, -0.2) is 4.98 Å². The first-order chi connectivity index (χ1) is 15.2. The first kappa shape index (κ1) is 18.6. The molecule has 2 aliphatic heterocycles.